The number of benzene rings is 3. The molecule has 0 unspecified atom stereocenters. The summed E-state index contributed by atoms with van der Waals surface area (Å²) in [6.45, 7) is 0.431. The van der Waals surface area contributed by atoms with Crippen molar-refractivity contribution in [2.45, 2.75) is 13.1 Å². The highest BCUT2D eigenvalue weighted by Crippen LogP contribution is 2.36. The molecule has 0 saturated carbocycles. The summed E-state index contributed by atoms with van der Waals surface area (Å²) in [4.78, 5) is 27.3. The maximum absolute atomic E-state index is 14.4. The second-order valence-corrected chi connectivity index (χ2v) is 10.0. The molecule has 5 rings (SSSR count). The maximum Gasteiger partial charge on any atom is 0.293 e. The number of hydrogen-bond acceptors (Lipinski definition) is 3. The summed E-state index contributed by atoms with van der Waals surface area (Å²) >= 11 is 10.6. The molecule has 0 radical (unpaired) electrons. The van der Waals surface area contributed by atoms with E-state index < -0.39 is 0 Å². The summed E-state index contributed by atoms with van der Waals surface area (Å²) in [6.07, 6.45) is 3.59. The molecule has 4 aromatic rings. The van der Waals surface area contributed by atoms with E-state index in [4.69, 9.17) is 11.6 Å². The van der Waals surface area contributed by atoms with E-state index in [9.17, 15) is 14.0 Å². The molecule has 1 aliphatic heterocycles. The molecule has 0 N–H and O–H groups in total. The molecule has 0 spiro atoms. The molecular weight excluding hydrogens is 539 g/mol. The predicted octanol–water partition coefficient (Wildman–Crippen LogP) is 7.48. The Bertz CT molecular complexity index is 1460. The van der Waals surface area contributed by atoms with E-state index in [0.29, 0.717) is 15.5 Å². The molecule has 34 heavy (non-hydrogen) atoms. The topological polar surface area (TPSA) is 42.3 Å². The first-order chi connectivity index (χ1) is 16.4. The molecule has 1 aliphatic rings. The fourth-order valence-electron chi connectivity index (χ4n) is 3.95. The van der Waals surface area contributed by atoms with Crippen molar-refractivity contribution < 1.29 is 14.0 Å². The zero-order valence-electron chi connectivity index (χ0n) is 17.7. The van der Waals surface area contributed by atoms with E-state index in [-0.39, 0.29) is 30.1 Å². The van der Waals surface area contributed by atoms with Gasteiger partial charge in [0, 0.05) is 37.7 Å². The summed E-state index contributed by atoms with van der Waals surface area (Å²) < 4.78 is 17.2. The Labute approximate surface area is 213 Å². The number of carbonyl (C=O) groups is 2. The molecule has 170 valence electrons. The molecule has 1 fully saturated rings. The van der Waals surface area contributed by atoms with Crippen molar-refractivity contribution in [2.24, 2.45) is 0 Å². The Hall–Kier alpha value is -2.87. The minimum atomic E-state index is -0.375. The number of hydrogen-bond donors (Lipinski definition) is 0. The van der Waals surface area contributed by atoms with Crippen LogP contribution in [0, 0.1) is 5.82 Å². The van der Waals surface area contributed by atoms with Gasteiger partial charge in [0.15, 0.2) is 0 Å². The van der Waals surface area contributed by atoms with Gasteiger partial charge >= 0.3 is 0 Å². The Kier molecular flexibility index (Phi) is 6.34. The third-order valence-electron chi connectivity index (χ3n) is 5.66. The van der Waals surface area contributed by atoms with Gasteiger partial charge in [-0.05, 0) is 47.7 Å². The Morgan fingerprint density at radius 1 is 0.971 bits per heavy atom. The largest absolute Gasteiger partial charge is 0.342 e. The molecular formula is C26H17BrClFN2O2S. The van der Waals surface area contributed by atoms with Crippen LogP contribution in [0.4, 0.5) is 9.18 Å². The maximum atomic E-state index is 14.4. The Morgan fingerprint density at radius 3 is 2.53 bits per heavy atom. The minimum Gasteiger partial charge on any atom is -0.342 e. The Morgan fingerprint density at radius 2 is 1.74 bits per heavy atom. The lowest BCUT2D eigenvalue weighted by molar-refractivity contribution is -0.123. The zero-order valence-corrected chi connectivity index (χ0v) is 20.8. The summed E-state index contributed by atoms with van der Waals surface area (Å²) in [5.74, 6) is -0.709. The van der Waals surface area contributed by atoms with Gasteiger partial charge in [-0.1, -0.05) is 70.0 Å². The van der Waals surface area contributed by atoms with Crippen LogP contribution in [0.25, 0.3) is 17.0 Å². The number of halogens is 3. The van der Waals surface area contributed by atoms with Gasteiger partial charge in [0.1, 0.15) is 5.82 Å². The second-order valence-electron chi connectivity index (χ2n) is 7.79. The number of fused-ring (bicyclic) bond motifs is 1. The smallest absolute Gasteiger partial charge is 0.293 e. The number of amides is 2. The van der Waals surface area contributed by atoms with Crippen molar-refractivity contribution in [3.63, 3.8) is 0 Å². The van der Waals surface area contributed by atoms with Crippen molar-refractivity contribution in [2.75, 3.05) is 0 Å². The number of carbonyl (C=O) groups excluding carboxylic acids is 2. The van der Waals surface area contributed by atoms with Crippen molar-refractivity contribution in [1.82, 2.24) is 9.47 Å². The fourth-order valence-corrected chi connectivity index (χ4v) is 5.41. The summed E-state index contributed by atoms with van der Waals surface area (Å²) in [5, 5.41) is 0.939. The first-order valence-electron chi connectivity index (χ1n) is 10.4. The number of imide groups is 1. The van der Waals surface area contributed by atoms with E-state index in [1.165, 1.54) is 11.0 Å². The number of thioether (sulfide) groups is 1. The third kappa shape index (κ3) is 4.31. The van der Waals surface area contributed by atoms with Crippen LogP contribution >= 0.6 is 39.3 Å². The number of rotatable bonds is 5. The van der Waals surface area contributed by atoms with Gasteiger partial charge < -0.3 is 4.57 Å². The molecule has 2 heterocycles. The molecule has 2 amide bonds. The molecule has 3 aromatic carbocycles. The first kappa shape index (κ1) is 22.9. The first-order valence-corrected chi connectivity index (χ1v) is 12.4. The van der Waals surface area contributed by atoms with Crippen LogP contribution in [-0.4, -0.2) is 20.6 Å². The molecule has 0 atom stereocenters. The van der Waals surface area contributed by atoms with E-state index in [1.54, 1.807) is 18.2 Å². The van der Waals surface area contributed by atoms with E-state index in [0.717, 1.165) is 38.3 Å². The lowest BCUT2D eigenvalue weighted by Gasteiger charge is -2.13. The van der Waals surface area contributed by atoms with Crippen LogP contribution in [0.1, 0.15) is 16.7 Å². The van der Waals surface area contributed by atoms with E-state index in [2.05, 4.69) is 15.9 Å². The van der Waals surface area contributed by atoms with Crippen LogP contribution < -0.4 is 0 Å². The highest BCUT2D eigenvalue weighted by molar-refractivity contribution is 9.10. The monoisotopic (exact) mass is 554 g/mol. The molecule has 1 saturated heterocycles. The van der Waals surface area contributed by atoms with Crippen molar-refractivity contribution >= 4 is 67.4 Å². The number of aromatic nitrogens is 1. The van der Waals surface area contributed by atoms with Crippen LogP contribution in [0.5, 0.6) is 0 Å². The highest BCUT2D eigenvalue weighted by Gasteiger charge is 2.35. The molecule has 0 aliphatic carbocycles. The standard InChI is InChI=1S/C26H17BrClFN2O2S/c27-20-8-3-1-6-16(20)14-31-25(32)24(34-26(31)33)12-17-13-30(23-11-4-2-7-18(17)23)15-19-21(28)9-5-10-22(19)29/h1-13H,14-15H2/b24-12+. The summed E-state index contributed by atoms with van der Waals surface area (Å²) in [5.41, 5.74) is 2.89. The van der Waals surface area contributed by atoms with Crippen LogP contribution in [0.2, 0.25) is 5.02 Å². The van der Waals surface area contributed by atoms with Crippen molar-refractivity contribution in [3.8, 4) is 0 Å². The third-order valence-corrected chi connectivity index (χ3v) is 7.69. The average Bonchev–Trinajstić information content (AvgIpc) is 3.30. The molecule has 1 aromatic heterocycles. The SMILES string of the molecule is O=C1S/C(=C/c2cn(Cc3c(F)cccc3Cl)c3ccccc23)C(=O)N1Cc1ccccc1Br. The van der Waals surface area contributed by atoms with Gasteiger partial charge in [0.25, 0.3) is 11.1 Å². The average molecular weight is 556 g/mol. The Balaban J connectivity index is 1.49. The van der Waals surface area contributed by atoms with Crippen LogP contribution in [0.3, 0.4) is 0 Å². The van der Waals surface area contributed by atoms with E-state index in [1.807, 2.05) is 59.3 Å². The van der Waals surface area contributed by atoms with Gasteiger partial charge in [0.05, 0.1) is 18.0 Å². The van der Waals surface area contributed by atoms with Crippen LogP contribution in [-0.2, 0) is 17.9 Å². The van der Waals surface area contributed by atoms with Gasteiger partial charge in [-0.2, -0.15) is 0 Å². The highest BCUT2D eigenvalue weighted by atomic mass is 79.9. The predicted molar refractivity (Wildman–Crippen MR) is 138 cm³/mol. The minimum absolute atomic E-state index is 0.191. The lowest BCUT2D eigenvalue weighted by atomic mass is 10.1. The number of nitrogens with zero attached hydrogens (tertiary/aromatic N) is 2. The quantitative estimate of drug-likeness (QED) is 0.240. The lowest BCUT2D eigenvalue weighted by Crippen LogP contribution is -2.27. The van der Waals surface area contributed by atoms with Gasteiger partial charge in [-0.25, -0.2) is 4.39 Å². The molecule has 8 heteroatoms. The van der Waals surface area contributed by atoms with E-state index >= 15 is 0 Å². The normalized spacial score (nSPS) is 15.1. The van der Waals surface area contributed by atoms with Crippen LogP contribution in [0.15, 0.2) is 82.3 Å². The molecule has 0 bridgehead atoms. The second kappa shape index (κ2) is 9.41. The van der Waals surface area contributed by atoms with Crippen molar-refractivity contribution in [1.29, 1.82) is 0 Å². The zero-order chi connectivity index (χ0) is 23.8. The van der Waals surface area contributed by atoms with Gasteiger partial charge in [-0.15, -0.1) is 0 Å². The molecule has 4 nitrogen and oxygen atoms in total. The van der Waals surface area contributed by atoms with Crippen molar-refractivity contribution in [3.05, 3.63) is 110 Å². The van der Waals surface area contributed by atoms with Gasteiger partial charge in [0.2, 0.25) is 0 Å². The fraction of sp³-hybridized carbons (Fsp3) is 0.0769. The number of para-hydroxylation sites is 1. The summed E-state index contributed by atoms with van der Waals surface area (Å²) in [7, 11) is 0. The van der Waals surface area contributed by atoms with Gasteiger partial charge in [-0.3, -0.25) is 14.5 Å². The summed E-state index contributed by atoms with van der Waals surface area (Å²) in [6, 6.07) is 19.8.